The lowest BCUT2D eigenvalue weighted by atomic mass is 9.96. The third-order valence-electron chi connectivity index (χ3n) is 2.64. The Kier molecular flexibility index (Phi) is 5.55. The van der Waals surface area contributed by atoms with E-state index < -0.39 is 11.4 Å². The summed E-state index contributed by atoms with van der Waals surface area (Å²) in [7, 11) is 0. The molecule has 5 nitrogen and oxygen atoms in total. The van der Waals surface area contributed by atoms with Gasteiger partial charge in [0.05, 0.1) is 5.54 Å². The largest absolute Gasteiger partial charge is 0.368 e. The molecule has 1 heterocycles. The highest BCUT2D eigenvalue weighted by Crippen LogP contribution is 2.16. The van der Waals surface area contributed by atoms with Gasteiger partial charge in [0, 0.05) is 18.1 Å². The molecule has 0 saturated carbocycles. The first-order chi connectivity index (χ1) is 8.42. The number of carbonyl (C=O) groups is 1. The van der Waals surface area contributed by atoms with Crippen molar-refractivity contribution >= 4 is 17.7 Å². The third-order valence-corrected chi connectivity index (χ3v) is 3.60. The molecule has 1 unspecified atom stereocenters. The van der Waals surface area contributed by atoms with Crippen molar-refractivity contribution in [1.82, 2.24) is 9.97 Å². The number of aromatic nitrogens is 2. The lowest BCUT2D eigenvalue weighted by Gasteiger charge is -2.19. The summed E-state index contributed by atoms with van der Waals surface area (Å²) < 4.78 is 0. The molecule has 0 aliphatic rings. The molecule has 0 aliphatic heterocycles. The summed E-state index contributed by atoms with van der Waals surface area (Å²) in [6.45, 7) is 3.63. The fourth-order valence-corrected chi connectivity index (χ4v) is 2.12. The topological polar surface area (TPSA) is 94.9 Å². The lowest BCUT2D eigenvalue weighted by Crippen LogP contribution is -2.49. The van der Waals surface area contributed by atoms with Crippen molar-refractivity contribution in [2.24, 2.45) is 11.5 Å². The van der Waals surface area contributed by atoms with Crippen LogP contribution in [0, 0.1) is 6.92 Å². The summed E-state index contributed by atoms with van der Waals surface area (Å²) in [5.74, 6) is 0.467. The Hall–Kier alpha value is -1.14. The second-order valence-corrected chi connectivity index (χ2v) is 5.69. The average Bonchev–Trinajstić information content (AvgIpc) is 2.31. The van der Waals surface area contributed by atoms with Crippen molar-refractivity contribution in [2.75, 3.05) is 5.75 Å². The maximum atomic E-state index is 11.0. The van der Waals surface area contributed by atoms with Crippen LogP contribution in [0.15, 0.2) is 17.6 Å². The molecule has 1 amide bonds. The van der Waals surface area contributed by atoms with Gasteiger partial charge in [-0.15, -0.1) is 0 Å². The Morgan fingerprint density at radius 1 is 1.39 bits per heavy atom. The molecule has 0 aromatic carbocycles. The van der Waals surface area contributed by atoms with Gasteiger partial charge in [-0.3, -0.25) is 4.79 Å². The minimum atomic E-state index is -0.898. The summed E-state index contributed by atoms with van der Waals surface area (Å²) in [6, 6.07) is 0. The smallest absolute Gasteiger partial charge is 0.237 e. The predicted octanol–water partition coefficient (Wildman–Crippen LogP) is 1.25. The molecule has 1 aromatic heterocycles. The molecule has 0 radical (unpaired) electrons. The fraction of sp³-hybridized carbons (Fsp3) is 0.583. The van der Waals surface area contributed by atoms with Crippen LogP contribution in [-0.2, 0) is 4.79 Å². The first-order valence-corrected chi connectivity index (χ1v) is 6.90. The minimum Gasteiger partial charge on any atom is -0.368 e. The van der Waals surface area contributed by atoms with Gasteiger partial charge in [-0.25, -0.2) is 9.97 Å². The van der Waals surface area contributed by atoms with Crippen molar-refractivity contribution in [3.05, 3.63) is 18.0 Å². The van der Waals surface area contributed by atoms with Crippen LogP contribution in [0.3, 0.4) is 0 Å². The summed E-state index contributed by atoms with van der Waals surface area (Å²) in [5.41, 5.74) is 11.1. The number of hydrogen-bond acceptors (Lipinski definition) is 5. The highest BCUT2D eigenvalue weighted by atomic mass is 32.2. The maximum Gasteiger partial charge on any atom is 0.237 e. The normalized spacial score (nSPS) is 14.2. The van der Waals surface area contributed by atoms with Crippen LogP contribution in [0.4, 0.5) is 0 Å². The molecule has 0 spiro atoms. The van der Waals surface area contributed by atoms with E-state index in [-0.39, 0.29) is 0 Å². The number of rotatable bonds is 7. The molecule has 1 aromatic rings. The summed E-state index contributed by atoms with van der Waals surface area (Å²) in [5, 5.41) is 0.783. The van der Waals surface area contributed by atoms with Crippen LogP contribution in [0.5, 0.6) is 0 Å². The summed E-state index contributed by atoms with van der Waals surface area (Å²) >= 11 is 1.61. The van der Waals surface area contributed by atoms with Gasteiger partial charge in [-0.05, 0) is 32.3 Å². The number of unbranched alkanes of at least 4 members (excludes halogenated alkanes) is 1. The quantitative estimate of drug-likeness (QED) is 0.441. The van der Waals surface area contributed by atoms with Crippen molar-refractivity contribution in [2.45, 2.75) is 43.8 Å². The van der Waals surface area contributed by atoms with Gasteiger partial charge >= 0.3 is 0 Å². The number of carbonyl (C=O) groups excluding carboxylic acids is 1. The molecule has 0 saturated heterocycles. The van der Waals surface area contributed by atoms with E-state index in [1.165, 1.54) is 0 Å². The molecule has 0 bridgehead atoms. The molecule has 4 N–H and O–H groups in total. The predicted molar refractivity (Wildman–Crippen MR) is 73.1 cm³/mol. The molecule has 6 heteroatoms. The van der Waals surface area contributed by atoms with Crippen LogP contribution < -0.4 is 11.5 Å². The minimum absolute atomic E-state index is 0.447. The molecule has 0 fully saturated rings. The highest BCUT2D eigenvalue weighted by molar-refractivity contribution is 7.99. The van der Waals surface area contributed by atoms with E-state index >= 15 is 0 Å². The SMILES string of the molecule is Cc1cnc(SCCCCC(C)(N)C(N)=O)nc1. The molecular formula is C12H20N4OS. The molecule has 0 aliphatic carbocycles. The van der Waals surface area contributed by atoms with Gasteiger partial charge in [0.25, 0.3) is 0 Å². The van der Waals surface area contributed by atoms with Crippen LogP contribution in [0.1, 0.15) is 31.7 Å². The molecule has 100 valence electrons. The summed E-state index contributed by atoms with van der Waals surface area (Å²) in [6.07, 6.45) is 6.05. The maximum absolute atomic E-state index is 11.0. The summed E-state index contributed by atoms with van der Waals surface area (Å²) in [4.78, 5) is 19.4. The zero-order chi connectivity index (χ0) is 13.6. The van der Waals surface area contributed by atoms with Gasteiger partial charge in [0.1, 0.15) is 0 Å². The molecule has 1 rings (SSSR count). The first kappa shape index (κ1) is 14.9. The van der Waals surface area contributed by atoms with Crippen molar-refractivity contribution < 1.29 is 4.79 Å². The Bertz CT molecular complexity index is 392. The van der Waals surface area contributed by atoms with E-state index in [1.807, 2.05) is 6.92 Å². The van der Waals surface area contributed by atoms with E-state index in [4.69, 9.17) is 11.5 Å². The standard InChI is InChI=1S/C12H20N4OS/c1-9-7-15-11(16-8-9)18-6-4-3-5-12(2,14)10(13)17/h7-8H,3-6,14H2,1-2H3,(H2,13,17). The van der Waals surface area contributed by atoms with Crippen LogP contribution in [0.2, 0.25) is 0 Å². The van der Waals surface area contributed by atoms with Gasteiger partial charge < -0.3 is 11.5 Å². The molecule has 1 atom stereocenters. The Balaban J connectivity index is 2.20. The van der Waals surface area contributed by atoms with E-state index in [0.29, 0.717) is 6.42 Å². The molecule has 18 heavy (non-hydrogen) atoms. The van der Waals surface area contributed by atoms with Crippen LogP contribution >= 0.6 is 11.8 Å². The van der Waals surface area contributed by atoms with Gasteiger partial charge in [0.2, 0.25) is 5.91 Å². The number of nitrogens with zero attached hydrogens (tertiary/aromatic N) is 2. The van der Waals surface area contributed by atoms with Gasteiger partial charge in [-0.2, -0.15) is 0 Å². The zero-order valence-corrected chi connectivity index (χ0v) is 11.7. The monoisotopic (exact) mass is 268 g/mol. The number of thioether (sulfide) groups is 1. The van der Waals surface area contributed by atoms with Crippen LogP contribution in [-0.4, -0.2) is 27.2 Å². The fourth-order valence-electron chi connectivity index (χ4n) is 1.34. The average molecular weight is 268 g/mol. The first-order valence-electron chi connectivity index (χ1n) is 5.92. The Morgan fingerprint density at radius 3 is 2.56 bits per heavy atom. The van der Waals surface area contributed by atoms with Gasteiger partial charge in [0.15, 0.2) is 5.16 Å². The third kappa shape index (κ3) is 5.01. The number of amides is 1. The van der Waals surface area contributed by atoms with Crippen LogP contribution in [0.25, 0.3) is 0 Å². The van der Waals surface area contributed by atoms with Crippen molar-refractivity contribution in [3.63, 3.8) is 0 Å². The number of nitrogens with two attached hydrogens (primary N) is 2. The van der Waals surface area contributed by atoms with E-state index in [1.54, 1.807) is 31.1 Å². The number of aryl methyl sites for hydroxylation is 1. The van der Waals surface area contributed by atoms with Crippen molar-refractivity contribution in [3.8, 4) is 0 Å². The van der Waals surface area contributed by atoms with E-state index in [0.717, 1.165) is 29.3 Å². The number of primary amides is 1. The highest BCUT2D eigenvalue weighted by Gasteiger charge is 2.24. The lowest BCUT2D eigenvalue weighted by molar-refractivity contribution is -0.122. The Morgan fingerprint density at radius 2 is 2.00 bits per heavy atom. The zero-order valence-electron chi connectivity index (χ0n) is 10.8. The Labute approximate surface area is 112 Å². The van der Waals surface area contributed by atoms with E-state index in [2.05, 4.69) is 9.97 Å². The van der Waals surface area contributed by atoms with Gasteiger partial charge in [-0.1, -0.05) is 18.2 Å². The van der Waals surface area contributed by atoms with Crippen molar-refractivity contribution in [1.29, 1.82) is 0 Å². The number of hydrogen-bond donors (Lipinski definition) is 2. The molecular weight excluding hydrogens is 248 g/mol. The second-order valence-electron chi connectivity index (χ2n) is 4.63. The van der Waals surface area contributed by atoms with E-state index in [9.17, 15) is 4.79 Å². The second kappa shape index (κ2) is 6.70.